The van der Waals surface area contributed by atoms with Crippen molar-refractivity contribution in [3.8, 4) is 0 Å². The van der Waals surface area contributed by atoms with Gasteiger partial charge in [-0.05, 0) is 13.8 Å². The van der Waals surface area contributed by atoms with E-state index in [1.165, 1.54) is 28.5 Å². The van der Waals surface area contributed by atoms with Crippen LogP contribution in [0, 0.1) is 0 Å². The number of rotatable bonds is 5. The van der Waals surface area contributed by atoms with Crippen LogP contribution in [0.1, 0.15) is 13.8 Å². The summed E-state index contributed by atoms with van der Waals surface area (Å²) in [5, 5.41) is 0. The van der Waals surface area contributed by atoms with E-state index in [4.69, 9.17) is 9.05 Å². The zero-order valence-electron chi connectivity index (χ0n) is 11.5. The summed E-state index contributed by atoms with van der Waals surface area (Å²) in [6.45, 7) is 4.56. The Morgan fingerprint density at radius 1 is 0.952 bits per heavy atom. The van der Waals surface area contributed by atoms with E-state index in [9.17, 15) is 4.57 Å². The molecule has 118 valence electrons. The molecular formula is C11H15O3PS6. The van der Waals surface area contributed by atoms with Crippen molar-refractivity contribution in [1.29, 1.82) is 0 Å². The number of hydrogen-bond acceptors (Lipinski definition) is 9. The second kappa shape index (κ2) is 7.74. The third kappa shape index (κ3) is 3.87. The van der Waals surface area contributed by atoms with Crippen LogP contribution in [0.5, 0.6) is 0 Å². The maximum atomic E-state index is 12.8. The molecule has 0 N–H and O–H groups in total. The Bertz CT molecular complexity index is 496. The lowest BCUT2D eigenvalue weighted by Gasteiger charge is -2.22. The Morgan fingerprint density at radius 2 is 1.48 bits per heavy atom. The maximum absolute atomic E-state index is 12.8. The summed E-state index contributed by atoms with van der Waals surface area (Å²) in [5.41, 5.74) is 0. The highest BCUT2D eigenvalue weighted by Crippen LogP contribution is 2.75. The van der Waals surface area contributed by atoms with Gasteiger partial charge in [0, 0.05) is 11.5 Å². The fourth-order valence-electron chi connectivity index (χ4n) is 1.78. The summed E-state index contributed by atoms with van der Waals surface area (Å²) < 4.78 is 29.0. The van der Waals surface area contributed by atoms with Crippen molar-refractivity contribution < 1.29 is 13.6 Å². The Hall–Kier alpha value is 1.73. The van der Waals surface area contributed by atoms with E-state index in [-0.39, 0.29) is 4.32 Å². The smallest absolute Gasteiger partial charge is 0.307 e. The van der Waals surface area contributed by atoms with Crippen LogP contribution >= 0.6 is 78.2 Å². The van der Waals surface area contributed by atoms with Gasteiger partial charge in [-0.1, -0.05) is 47.0 Å². The normalized spacial score (nSPS) is 23.5. The SMILES string of the molecule is CCOP(=O)(OCC)C1SC2=C(SC(=C3SCCS3)S2)S1. The summed E-state index contributed by atoms with van der Waals surface area (Å²) in [4.78, 5) is 0. The minimum atomic E-state index is -3.03. The maximum Gasteiger partial charge on any atom is 0.354 e. The molecular weight excluding hydrogens is 403 g/mol. The molecule has 0 amide bonds. The van der Waals surface area contributed by atoms with Crippen molar-refractivity contribution in [2.45, 2.75) is 18.2 Å². The quantitative estimate of drug-likeness (QED) is 0.483. The zero-order valence-corrected chi connectivity index (χ0v) is 17.3. The Morgan fingerprint density at radius 3 is 1.95 bits per heavy atom. The van der Waals surface area contributed by atoms with Gasteiger partial charge in [-0.2, -0.15) is 0 Å². The van der Waals surface area contributed by atoms with E-state index in [1.54, 1.807) is 23.5 Å². The van der Waals surface area contributed by atoms with E-state index < -0.39 is 7.60 Å². The second-order valence-electron chi connectivity index (χ2n) is 3.97. The lowest BCUT2D eigenvalue weighted by Crippen LogP contribution is -2.04. The van der Waals surface area contributed by atoms with Crippen molar-refractivity contribution in [3.63, 3.8) is 0 Å². The first-order valence-corrected chi connectivity index (χ1v) is 13.5. The molecule has 10 heteroatoms. The highest BCUT2D eigenvalue weighted by Gasteiger charge is 2.45. The topological polar surface area (TPSA) is 35.5 Å². The highest BCUT2D eigenvalue weighted by molar-refractivity contribution is 8.48. The van der Waals surface area contributed by atoms with Crippen LogP contribution in [0.3, 0.4) is 0 Å². The first-order chi connectivity index (χ1) is 10.2. The van der Waals surface area contributed by atoms with Crippen LogP contribution in [-0.4, -0.2) is 29.0 Å². The van der Waals surface area contributed by atoms with Gasteiger partial charge in [0.15, 0.2) is 4.32 Å². The van der Waals surface area contributed by atoms with Crippen molar-refractivity contribution in [2.75, 3.05) is 24.7 Å². The monoisotopic (exact) mass is 418 g/mol. The molecule has 0 atom stereocenters. The molecule has 3 aliphatic rings. The second-order valence-corrected chi connectivity index (χ2v) is 14.6. The lowest BCUT2D eigenvalue weighted by atomic mass is 10.9. The molecule has 0 unspecified atom stereocenters. The molecule has 0 bridgehead atoms. The van der Waals surface area contributed by atoms with Gasteiger partial charge in [0.1, 0.15) is 0 Å². The van der Waals surface area contributed by atoms with Gasteiger partial charge in [-0.25, -0.2) is 0 Å². The van der Waals surface area contributed by atoms with Crippen molar-refractivity contribution in [3.05, 3.63) is 16.9 Å². The van der Waals surface area contributed by atoms with E-state index in [0.717, 1.165) is 0 Å². The molecule has 3 heterocycles. The minimum Gasteiger partial charge on any atom is -0.307 e. The predicted octanol–water partition coefficient (Wildman–Crippen LogP) is 6.23. The van der Waals surface area contributed by atoms with Gasteiger partial charge in [0.05, 0.1) is 30.2 Å². The van der Waals surface area contributed by atoms with Gasteiger partial charge in [0.2, 0.25) is 0 Å². The Balaban J connectivity index is 1.67. The number of thioether (sulfide) groups is 6. The van der Waals surface area contributed by atoms with Crippen molar-refractivity contribution in [1.82, 2.24) is 0 Å². The van der Waals surface area contributed by atoms with Crippen LogP contribution in [-0.2, 0) is 13.6 Å². The summed E-state index contributed by atoms with van der Waals surface area (Å²) >= 11 is 10.9. The predicted molar refractivity (Wildman–Crippen MR) is 104 cm³/mol. The van der Waals surface area contributed by atoms with E-state index in [1.807, 2.05) is 60.9 Å². The van der Waals surface area contributed by atoms with Gasteiger partial charge in [-0.15, -0.1) is 23.5 Å². The largest absolute Gasteiger partial charge is 0.354 e. The van der Waals surface area contributed by atoms with Gasteiger partial charge in [0.25, 0.3) is 0 Å². The van der Waals surface area contributed by atoms with Crippen LogP contribution < -0.4 is 0 Å². The molecule has 0 aromatic carbocycles. The molecule has 0 aliphatic carbocycles. The van der Waals surface area contributed by atoms with Gasteiger partial charge in [-0.3, -0.25) is 4.57 Å². The average molecular weight is 419 g/mol. The third-order valence-corrected chi connectivity index (χ3v) is 15.2. The standard InChI is InChI=1S/C11H15O3PS6/c1-3-13-15(12,14-4-2)11-20-9-10(21-11)19-8(18-9)7-16-5-6-17-7/h11H,3-6H2,1-2H3. The lowest BCUT2D eigenvalue weighted by molar-refractivity contribution is 0.223. The van der Waals surface area contributed by atoms with Crippen LogP contribution in [0.2, 0.25) is 0 Å². The van der Waals surface area contributed by atoms with Crippen molar-refractivity contribution >= 4 is 78.2 Å². The molecule has 1 fully saturated rings. The van der Waals surface area contributed by atoms with E-state index >= 15 is 0 Å². The Kier molecular flexibility index (Phi) is 6.47. The Labute approximate surface area is 150 Å². The fourth-order valence-corrected chi connectivity index (χ4v) is 14.8. The first-order valence-electron chi connectivity index (χ1n) is 6.48. The van der Waals surface area contributed by atoms with E-state index in [2.05, 4.69) is 0 Å². The summed E-state index contributed by atoms with van der Waals surface area (Å²) in [5.74, 6) is 2.42. The number of hydrogen-bond donors (Lipinski definition) is 0. The van der Waals surface area contributed by atoms with Crippen LogP contribution in [0.25, 0.3) is 0 Å². The molecule has 0 aromatic rings. The summed E-state index contributed by atoms with van der Waals surface area (Å²) in [6, 6.07) is 0. The minimum absolute atomic E-state index is 0.155. The summed E-state index contributed by atoms with van der Waals surface area (Å²) in [6.07, 6.45) is 0. The highest BCUT2D eigenvalue weighted by atomic mass is 32.3. The average Bonchev–Trinajstić information content (AvgIpc) is 3.14. The van der Waals surface area contributed by atoms with E-state index in [0.29, 0.717) is 13.2 Å². The van der Waals surface area contributed by atoms with Crippen LogP contribution in [0.4, 0.5) is 0 Å². The first kappa shape index (κ1) is 17.5. The molecule has 0 radical (unpaired) electrons. The van der Waals surface area contributed by atoms with Gasteiger partial charge < -0.3 is 9.05 Å². The molecule has 1 saturated heterocycles. The fraction of sp³-hybridized carbons (Fsp3) is 0.636. The molecule has 3 rings (SSSR count). The molecule has 3 aliphatic heterocycles. The third-order valence-electron chi connectivity index (χ3n) is 2.55. The van der Waals surface area contributed by atoms with Gasteiger partial charge >= 0.3 is 7.60 Å². The molecule has 0 spiro atoms. The molecule has 3 nitrogen and oxygen atoms in total. The van der Waals surface area contributed by atoms with Crippen molar-refractivity contribution in [2.24, 2.45) is 0 Å². The molecule has 21 heavy (non-hydrogen) atoms. The van der Waals surface area contributed by atoms with Crippen LogP contribution in [0.15, 0.2) is 16.9 Å². The molecule has 0 saturated carbocycles. The summed E-state index contributed by atoms with van der Waals surface area (Å²) in [7, 11) is -3.03. The zero-order chi connectivity index (χ0) is 14.9. The molecule has 0 aromatic heterocycles.